The summed E-state index contributed by atoms with van der Waals surface area (Å²) in [7, 11) is 1.50. The number of allylic oxidation sites excluding steroid dienone is 1. The van der Waals surface area contributed by atoms with Crippen LogP contribution in [-0.4, -0.2) is 59.3 Å². The number of hydrogen-bond acceptors (Lipinski definition) is 5. The van der Waals surface area contributed by atoms with Crippen LogP contribution in [0.5, 0.6) is 0 Å². The lowest BCUT2D eigenvalue weighted by molar-refractivity contribution is -0.140. The van der Waals surface area contributed by atoms with Crippen LogP contribution in [-0.2, 0) is 27.3 Å². The molecular formula is C27H34N2O5. The molecule has 7 nitrogen and oxygen atoms in total. The van der Waals surface area contributed by atoms with Crippen LogP contribution in [0.4, 0.5) is 0 Å². The molecule has 0 bridgehead atoms. The van der Waals surface area contributed by atoms with Crippen molar-refractivity contribution in [3.63, 3.8) is 0 Å². The summed E-state index contributed by atoms with van der Waals surface area (Å²) in [6, 6.07) is 15.9. The number of fused-ring (bicyclic) bond motifs is 1. The number of amides is 2. The molecule has 1 heterocycles. The van der Waals surface area contributed by atoms with Crippen LogP contribution in [0.3, 0.4) is 0 Å². The van der Waals surface area contributed by atoms with Crippen molar-refractivity contribution in [2.45, 2.75) is 44.0 Å². The van der Waals surface area contributed by atoms with E-state index < -0.39 is 18.1 Å². The summed E-state index contributed by atoms with van der Waals surface area (Å²) in [4.78, 5) is 28.1. The van der Waals surface area contributed by atoms with Gasteiger partial charge in [-0.15, -0.1) is 6.58 Å². The van der Waals surface area contributed by atoms with Gasteiger partial charge in [0.2, 0.25) is 11.8 Å². The second-order valence-electron chi connectivity index (χ2n) is 8.68. The first-order chi connectivity index (χ1) is 16.5. The monoisotopic (exact) mass is 466 g/mol. The molecule has 2 aromatic carbocycles. The van der Waals surface area contributed by atoms with E-state index in [1.165, 1.54) is 7.11 Å². The van der Waals surface area contributed by atoms with Crippen LogP contribution < -0.4 is 5.32 Å². The van der Waals surface area contributed by atoms with Gasteiger partial charge in [-0.2, -0.15) is 0 Å². The van der Waals surface area contributed by atoms with Gasteiger partial charge in [-0.1, -0.05) is 60.7 Å². The first-order valence-electron chi connectivity index (χ1n) is 11.6. The zero-order valence-electron chi connectivity index (χ0n) is 19.6. The molecule has 182 valence electrons. The number of nitrogens with one attached hydrogen (secondary N) is 1. The highest BCUT2D eigenvalue weighted by molar-refractivity contribution is 5.86. The highest BCUT2D eigenvalue weighted by Crippen LogP contribution is 2.25. The van der Waals surface area contributed by atoms with Gasteiger partial charge in [-0.3, -0.25) is 9.59 Å². The van der Waals surface area contributed by atoms with Crippen LogP contribution in [0.15, 0.2) is 67.3 Å². The predicted molar refractivity (Wildman–Crippen MR) is 130 cm³/mol. The van der Waals surface area contributed by atoms with Gasteiger partial charge < -0.3 is 25.2 Å². The SMILES string of the molecule is C=CC[C@H](CC(=O)N1Cc2ccccc2C[C@H]1CO)C(=O)N[C@@H](COC)[C@@H](O)c1ccccc1. The molecule has 0 spiro atoms. The Morgan fingerprint density at radius 3 is 2.50 bits per heavy atom. The zero-order chi connectivity index (χ0) is 24.5. The molecule has 0 radical (unpaired) electrons. The van der Waals surface area contributed by atoms with Crippen LogP contribution in [0.25, 0.3) is 0 Å². The van der Waals surface area contributed by atoms with E-state index in [1.54, 1.807) is 23.1 Å². The molecule has 2 amide bonds. The lowest BCUT2D eigenvalue weighted by atomic mass is 9.92. The Morgan fingerprint density at radius 1 is 1.18 bits per heavy atom. The fourth-order valence-corrected chi connectivity index (χ4v) is 4.43. The number of hydrogen-bond donors (Lipinski definition) is 3. The molecule has 7 heteroatoms. The van der Waals surface area contributed by atoms with E-state index in [4.69, 9.17) is 4.74 Å². The number of aliphatic hydroxyl groups is 2. The Balaban J connectivity index is 1.71. The summed E-state index contributed by atoms with van der Waals surface area (Å²) in [6.45, 7) is 4.12. The number of carbonyl (C=O) groups excluding carboxylic acids is 2. The topological polar surface area (TPSA) is 99.1 Å². The molecule has 2 aromatic rings. The molecule has 0 aromatic heterocycles. The number of carbonyl (C=O) groups is 2. The van der Waals surface area contributed by atoms with E-state index in [0.717, 1.165) is 11.1 Å². The molecular weight excluding hydrogens is 432 g/mol. The van der Waals surface area contributed by atoms with Crippen molar-refractivity contribution < 1.29 is 24.5 Å². The van der Waals surface area contributed by atoms with Gasteiger partial charge in [0.05, 0.1) is 31.2 Å². The molecule has 0 aliphatic carbocycles. The van der Waals surface area contributed by atoms with Crippen molar-refractivity contribution >= 4 is 11.8 Å². The van der Waals surface area contributed by atoms with E-state index in [1.807, 2.05) is 42.5 Å². The maximum absolute atomic E-state index is 13.3. The number of benzene rings is 2. The number of aliphatic hydroxyl groups excluding tert-OH is 2. The van der Waals surface area contributed by atoms with Crippen molar-refractivity contribution in [3.05, 3.63) is 83.9 Å². The lowest BCUT2D eigenvalue weighted by Gasteiger charge is -2.36. The largest absolute Gasteiger partial charge is 0.394 e. The Hall–Kier alpha value is -3.00. The van der Waals surface area contributed by atoms with Crippen molar-refractivity contribution in [1.29, 1.82) is 0 Å². The average Bonchev–Trinajstić information content (AvgIpc) is 2.87. The maximum Gasteiger partial charge on any atom is 0.224 e. The first-order valence-corrected chi connectivity index (χ1v) is 11.6. The number of nitrogens with zero attached hydrogens (tertiary/aromatic N) is 1. The molecule has 1 aliphatic heterocycles. The number of ether oxygens (including phenoxy) is 1. The number of methoxy groups -OCH3 is 1. The standard InChI is InChI=1S/C27H34N2O5/c1-3-9-21(27(33)28-24(18-34-2)26(32)19-10-5-4-6-11-19)15-25(31)29-16-22-13-8-7-12-20(22)14-23(29)17-30/h3-8,10-13,21,23-24,26,30,32H,1,9,14-18H2,2H3,(H,28,33)/t21-,23+,24+,26+/m1/s1. The zero-order valence-corrected chi connectivity index (χ0v) is 19.6. The fraction of sp³-hybridized carbons (Fsp3) is 0.407. The fourth-order valence-electron chi connectivity index (χ4n) is 4.43. The van der Waals surface area contributed by atoms with Crippen LogP contribution >= 0.6 is 0 Å². The van der Waals surface area contributed by atoms with Crippen LogP contribution in [0, 0.1) is 5.92 Å². The van der Waals surface area contributed by atoms with Crippen molar-refractivity contribution in [2.24, 2.45) is 5.92 Å². The predicted octanol–water partition coefficient (Wildman–Crippen LogP) is 2.38. The molecule has 0 unspecified atom stereocenters. The van der Waals surface area contributed by atoms with E-state index in [-0.39, 0.29) is 37.5 Å². The Kier molecular flexibility index (Phi) is 9.39. The smallest absolute Gasteiger partial charge is 0.224 e. The van der Waals surface area contributed by atoms with Crippen LogP contribution in [0.1, 0.15) is 35.6 Å². The Morgan fingerprint density at radius 2 is 1.85 bits per heavy atom. The van der Waals surface area contributed by atoms with Gasteiger partial charge in [0.15, 0.2) is 0 Å². The van der Waals surface area contributed by atoms with E-state index in [0.29, 0.717) is 24.9 Å². The summed E-state index contributed by atoms with van der Waals surface area (Å²) in [6.07, 6.45) is 1.54. The molecule has 0 fully saturated rings. The van der Waals surface area contributed by atoms with Crippen molar-refractivity contribution in [2.75, 3.05) is 20.3 Å². The molecule has 1 aliphatic rings. The molecule has 3 rings (SSSR count). The van der Waals surface area contributed by atoms with Gasteiger partial charge in [0.25, 0.3) is 0 Å². The highest BCUT2D eigenvalue weighted by atomic mass is 16.5. The Labute approximate surface area is 201 Å². The molecule has 34 heavy (non-hydrogen) atoms. The van der Waals surface area contributed by atoms with E-state index >= 15 is 0 Å². The molecule has 4 atom stereocenters. The van der Waals surface area contributed by atoms with Crippen LogP contribution in [0.2, 0.25) is 0 Å². The third-order valence-electron chi connectivity index (χ3n) is 6.33. The van der Waals surface area contributed by atoms with Gasteiger partial charge in [0, 0.05) is 20.1 Å². The second kappa shape index (κ2) is 12.5. The highest BCUT2D eigenvalue weighted by Gasteiger charge is 2.33. The molecule has 3 N–H and O–H groups in total. The minimum atomic E-state index is -0.956. The minimum Gasteiger partial charge on any atom is -0.394 e. The average molecular weight is 467 g/mol. The number of rotatable bonds is 11. The normalized spacial score (nSPS) is 17.9. The van der Waals surface area contributed by atoms with Crippen molar-refractivity contribution in [1.82, 2.24) is 10.2 Å². The van der Waals surface area contributed by atoms with Gasteiger partial charge in [0.1, 0.15) is 6.10 Å². The third kappa shape index (κ3) is 6.32. The molecule has 0 saturated carbocycles. The quantitative estimate of drug-likeness (QED) is 0.442. The summed E-state index contributed by atoms with van der Waals surface area (Å²) in [5, 5.41) is 23.6. The summed E-state index contributed by atoms with van der Waals surface area (Å²) >= 11 is 0. The summed E-state index contributed by atoms with van der Waals surface area (Å²) in [5.41, 5.74) is 2.85. The lowest BCUT2D eigenvalue weighted by Crippen LogP contribution is -2.49. The van der Waals surface area contributed by atoms with Gasteiger partial charge in [-0.05, 0) is 29.5 Å². The Bertz CT molecular complexity index is 965. The second-order valence-corrected chi connectivity index (χ2v) is 8.68. The first kappa shape index (κ1) is 25.6. The minimum absolute atomic E-state index is 0.0162. The maximum atomic E-state index is 13.3. The molecule has 0 saturated heterocycles. The van der Waals surface area contributed by atoms with Gasteiger partial charge >= 0.3 is 0 Å². The third-order valence-corrected chi connectivity index (χ3v) is 6.33. The summed E-state index contributed by atoms with van der Waals surface area (Å²) < 4.78 is 5.23. The van der Waals surface area contributed by atoms with E-state index in [9.17, 15) is 19.8 Å². The van der Waals surface area contributed by atoms with Crippen molar-refractivity contribution in [3.8, 4) is 0 Å². The van der Waals surface area contributed by atoms with Gasteiger partial charge in [-0.25, -0.2) is 0 Å². The summed E-state index contributed by atoms with van der Waals surface area (Å²) in [5.74, 6) is -1.19. The van der Waals surface area contributed by atoms with E-state index in [2.05, 4.69) is 11.9 Å².